The summed E-state index contributed by atoms with van der Waals surface area (Å²) in [6, 6.07) is 0. The van der Waals surface area contributed by atoms with Crippen molar-refractivity contribution in [3.8, 4) is 12.3 Å². The molecule has 2 atom stereocenters. The van der Waals surface area contributed by atoms with Crippen molar-refractivity contribution in [3.05, 3.63) is 0 Å². The minimum Gasteiger partial charge on any atom is -0.459 e. The molecular formula is C11H16O4. The van der Waals surface area contributed by atoms with Gasteiger partial charge in [-0.15, -0.1) is 12.3 Å². The minimum atomic E-state index is -0.627. The van der Waals surface area contributed by atoms with Crippen LogP contribution in [-0.4, -0.2) is 30.6 Å². The molecule has 0 saturated carbocycles. The Balaban J connectivity index is 2.58. The molecule has 0 amide bonds. The third-order valence-corrected chi connectivity index (χ3v) is 2.08. The fraction of sp³-hybridized carbons (Fsp3) is 0.727. The molecule has 1 rings (SSSR count). The zero-order valence-electron chi connectivity index (χ0n) is 9.28. The summed E-state index contributed by atoms with van der Waals surface area (Å²) in [5.41, 5.74) is 0. The SMILES string of the molecule is C#CC[C@H](OC(C)=O)[C@H]1COC(C)(C)O1. The quantitative estimate of drug-likeness (QED) is 0.519. The molecule has 1 aliphatic rings. The summed E-state index contributed by atoms with van der Waals surface area (Å²) >= 11 is 0. The van der Waals surface area contributed by atoms with Gasteiger partial charge in [0.05, 0.1) is 6.61 Å². The molecule has 0 radical (unpaired) electrons. The minimum absolute atomic E-state index is 0.278. The lowest BCUT2D eigenvalue weighted by Crippen LogP contribution is -2.34. The van der Waals surface area contributed by atoms with Crippen LogP contribution in [-0.2, 0) is 19.0 Å². The second-order valence-corrected chi connectivity index (χ2v) is 3.92. The van der Waals surface area contributed by atoms with Crippen molar-refractivity contribution in [2.75, 3.05) is 6.61 Å². The van der Waals surface area contributed by atoms with Crippen LogP contribution in [0.25, 0.3) is 0 Å². The zero-order valence-corrected chi connectivity index (χ0v) is 9.28. The van der Waals surface area contributed by atoms with E-state index in [1.807, 2.05) is 13.8 Å². The van der Waals surface area contributed by atoms with Gasteiger partial charge >= 0.3 is 5.97 Å². The summed E-state index contributed by atoms with van der Waals surface area (Å²) in [6.45, 7) is 5.37. The summed E-state index contributed by atoms with van der Waals surface area (Å²) in [7, 11) is 0. The average molecular weight is 212 g/mol. The topological polar surface area (TPSA) is 44.8 Å². The van der Waals surface area contributed by atoms with Gasteiger partial charge in [0.25, 0.3) is 0 Å². The third-order valence-electron chi connectivity index (χ3n) is 2.08. The van der Waals surface area contributed by atoms with Crippen LogP contribution in [0.1, 0.15) is 27.2 Å². The highest BCUT2D eigenvalue weighted by molar-refractivity contribution is 5.66. The van der Waals surface area contributed by atoms with E-state index in [0.29, 0.717) is 13.0 Å². The van der Waals surface area contributed by atoms with Gasteiger partial charge in [0.15, 0.2) is 5.79 Å². The van der Waals surface area contributed by atoms with E-state index in [4.69, 9.17) is 20.6 Å². The Morgan fingerprint density at radius 2 is 2.40 bits per heavy atom. The molecule has 0 aromatic rings. The molecule has 1 heterocycles. The molecule has 0 unspecified atom stereocenters. The molecule has 0 aliphatic carbocycles. The second-order valence-electron chi connectivity index (χ2n) is 3.92. The molecule has 84 valence electrons. The fourth-order valence-corrected chi connectivity index (χ4v) is 1.48. The average Bonchev–Trinajstić information content (AvgIpc) is 2.44. The summed E-state index contributed by atoms with van der Waals surface area (Å²) in [5, 5.41) is 0. The number of terminal acetylenes is 1. The predicted molar refractivity (Wildman–Crippen MR) is 53.9 cm³/mol. The van der Waals surface area contributed by atoms with Crippen LogP contribution in [0.15, 0.2) is 0 Å². The molecule has 0 N–H and O–H groups in total. The van der Waals surface area contributed by atoms with Gasteiger partial charge in [-0.25, -0.2) is 0 Å². The van der Waals surface area contributed by atoms with Gasteiger partial charge in [-0.1, -0.05) is 0 Å². The molecule has 15 heavy (non-hydrogen) atoms. The zero-order chi connectivity index (χ0) is 11.5. The van der Waals surface area contributed by atoms with Crippen LogP contribution in [0.3, 0.4) is 0 Å². The Hall–Kier alpha value is -1.05. The van der Waals surface area contributed by atoms with Gasteiger partial charge < -0.3 is 14.2 Å². The first kappa shape index (κ1) is 12.0. The highest BCUT2D eigenvalue weighted by atomic mass is 16.7. The summed E-state index contributed by atoms with van der Waals surface area (Å²) in [4.78, 5) is 10.9. The Labute approximate surface area is 89.9 Å². The first-order valence-corrected chi connectivity index (χ1v) is 4.87. The van der Waals surface area contributed by atoms with Gasteiger partial charge in [-0.05, 0) is 13.8 Å². The van der Waals surface area contributed by atoms with Crippen molar-refractivity contribution < 1.29 is 19.0 Å². The second kappa shape index (κ2) is 4.65. The van der Waals surface area contributed by atoms with Gasteiger partial charge in [0.2, 0.25) is 0 Å². The molecule has 0 aromatic carbocycles. The van der Waals surface area contributed by atoms with Crippen molar-refractivity contribution in [1.82, 2.24) is 0 Å². The first-order chi connectivity index (χ1) is 6.94. The van der Waals surface area contributed by atoms with Crippen LogP contribution in [0, 0.1) is 12.3 Å². The van der Waals surface area contributed by atoms with Crippen molar-refractivity contribution >= 4 is 5.97 Å². The van der Waals surface area contributed by atoms with Crippen LogP contribution >= 0.6 is 0 Å². The standard InChI is InChI=1S/C11H16O4/c1-5-6-9(14-8(2)12)10-7-13-11(3,4)15-10/h1,9-10H,6-7H2,2-4H3/t9-,10+/m0/s1. The first-order valence-electron chi connectivity index (χ1n) is 4.87. The molecule has 1 saturated heterocycles. The van der Waals surface area contributed by atoms with E-state index in [0.717, 1.165) is 0 Å². The fourth-order valence-electron chi connectivity index (χ4n) is 1.48. The van der Waals surface area contributed by atoms with E-state index in [9.17, 15) is 4.79 Å². The molecule has 0 bridgehead atoms. The van der Waals surface area contributed by atoms with Crippen LogP contribution < -0.4 is 0 Å². The Bertz CT molecular complexity index is 277. The van der Waals surface area contributed by atoms with E-state index in [-0.39, 0.29) is 12.1 Å². The van der Waals surface area contributed by atoms with Crippen LogP contribution in [0.2, 0.25) is 0 Å². The molecule has 0 aromatic heterocycles. The number of ether oxygens (including phenoxy) is 3. The number of hydrogen-bond acceptors (Lipinski definition) is 4. The van der Waals surface area contributed by atoms with Gasteiger partial charge in [0.1, 0.15) is 12.2 Å². The largest absolute Gasteiger partial charge is 0.459 e. The number of rotatable bonds is 3. The monoisotopic (exact) mass is 212 g/mol. The lowest BCUT2D eigenvalue weighted by molar-refractivity contribution is -0.168. The van der Waals surface area contributed by atoms with E-state index in [1.54, 1.807) is 0 Å². The number of hydrogen-bond donors (Lipinski definition) is 0. The number of carbonyl (C=O) groups is 1. The molecule has 0 spiro atoms. The lowest BCUT2D eigenvalue weighted by Gasteiger charge is -2.22. The van der Waals surface area contributed by atoms with E-state index >= 15 is 0 Å². The molecule has 4 nitrogen and oxygen atoms in total. The smallest absolute Gasteiger partial charge is 0.303 e. The highest BCUT2D eigenvalue weighted by Gasteiger charge is 2.38. The summed E-state index contributed by atoms with van der Waals surface area (Å²) in [5.74, 6) is 1.48. The maximum atomic E-state index is 10.9. The summed E-state index contributed by atoms with van der Waals surface area (Å²) in [6.07, 6.45) is 4.84. The highest BCUT2D eigenvalue weighted by Crippen LogP contribution is 2.26. The van der Waals surface area contributed by atoms with Gasteiger partial charge in [0, 0.05) is 13.3 Å². The van der Waals surface area contributed by atoms with Crippen molar-refractivity contribution in [1.29, 1.82) is 0 Å². The molecule has 4 heteroatoms. The Kier molecular flexibility index (Phi) is 3.72. The lowest BCUT2D eigenvalue weighted by atomic mass is 10.1. The maximum absolute atomic E-state index is 10.9. The maximum Gasteiger partial charge on any atom is 0.303 e. The van der Waals surface area contributed by atoms with Crippen LogP contribution in [0.5, 0.6) is 0 Å². The Morgan fingerprint density at radius 1 is 1.73 bits per heavy atom. The molecule has 1 fully saturated rings. The van der Waals surface area contributed by atoms with Crippen LogP contribution in [0.4, 0.5) is 0 Å². The number of esters is 1. The van der Waals surface area contributed by atoms with Gasteiger partial charge in [-0.2, -0.15) is 0 Å². The van der Waals surface area contributed by atoms with Crippen molar-refractivity contribution in [3.63, 3.8) is 0 Å². The van der Waals surface area contributed by atoms with Crippen molar-refractivity contribution in [2.45, 2.75) is 45.2 Å². The normalized spacial score (nSPS) is 25.6. The van der Waals surface area contributed by atoms with Crippen molar-refractivity contribution in [2.24, 2.45) is 0 Å². The molecule has 1 aliphatic heterocycles. The molecular weight excluding hydrogens is 196 g/mol. The third kappa shape index (κ3) is 3.54. The van der Waals surface area contributed by atoms with E-state index in [2.05, 4.69) is 5.92 Å². The Morgan fingerprint density at radius 3 is 2.80 bits per heavy atom. The number of carbonyl (C=O) groups excluding carboxylic acids is 1. The summed E-state index contributed by atoms with van der Waals surface area (Å²) < 4.78 is 16.0. The van der Waals surface area contributed by atoms with E-state index < -0.39 is 11.9 Å². The van der Waals surface area contributed by atoms with E-state index in [1.165, 1.54) is 6.92 Å². The predicted octanol–water partition coefficient (Wildman–Crippen LogP) is 1.09. The van der Waals surface area contributed by atoms with Gasteiger partial charge in [-0.3, -0.25) is 4.79 Å².